The summed E-state index contributed by atoms with van der Waals surface area (Å²) in [6.45, 7) is 7.06. The van der Waals surface area contributed by atoms with Gasteiger partial charge in [-0.1, -0.05) is 6.07 Å². The summed E-state index contributed by atoms with van der Waals surface area (Å²) in [7, 11) is 0. The van der Waals surface area contributed by atoms with E-state index in [2.05, 4.69) is 47.0 Å². The second-order valence-electron chi connectivity index (χ2n) is 4.49. The van der Waals surface area contributed by atoms with Crippen LogP contribution in [0.15, 0.2) is 27.6 Å². The Hall–Kier alpha value is -0.940. The van der Waals surface area contributed by atoms with Crippen molar-refractivity contribution in [3.63, 3.8) is 0 Å². The summed E-state index contributed by atoms with van der Waals surface area (Å²) in [5.74, 6) is 0.864. The Kier molecular flexibility index (Phi) is 4.58. The normalized spacial score (nSPS) is 10.9. The quantitative estimate of drug-likeness (QED) is 0.671. The minimum absolute atomic E-state index is 0.848. The summed E-state index contributed by atoms with van der Waals surface area (Å²) in [6, 6.07) is 6.19. The summed E-state index contributed by atoms with van der Waals surface area (Å²) in [6.07, 6.45) is 0. The Bertz CT molecular complexity index is 593. The number of rotatable bonds is 4. The third kappa shape index (κ3) is 3.15. The predicted octanol–water partition coefficient (Wildman–Crippen LogP) is 4.16. The van der Waals surface area contributed by atoms with Crippen LogP contribution >= 0.6 is 27.7 Å². The van der Waals surface area contributed by atoms with Crippen LogP contribution in [0.5, 0.6) is 0 Å². The molecule has 0 atom stereocenters. The van der Waals surface area contributed by atoms with Crippen LogP contribution in [0.1, 0.15) is 23.9 Å². The Morgan fingerprint density at radius 2 is 2.11 bits per heavy atom. The molecule has 0 aliphatic carbocycles. The lowest BCUT2D eigenvalue weighted by Gasteiger charge is -2.08. The first-order valence-electron chi connectivity index (χ1n) is 6.23. The molecule has 3 nitrogen and oxygen atoms in total. The molecule has 0 amide bonds. The van der Waals surface area contributed by atoms with Crippen molar-refractivity contribution in [2.24, 2.45) is 0 Å². The molecule has 2 rings (SSSR count). The van der Waals surface area contributed by atoms with E-state index >= 15 is 0 Å². The van der Waals surface area contributed by atoms with Crippen LogP contribution in [0.25, 0.3) is 0 Å². The number of thioether (sulfide) groups is 1. The van der Waals surface area contributed by atoms with Crippen molar-refractivity contribution < 1.29 is 0 Å². The topological polar surface area (TPSA) is 43.8 Å². The zero-order chi connectivity index (χ0) is 14.0. The molecular weight excluding hydrogens is 322 g/mol. The number of aryl methyl sites for hydroxylation is 3. The van der Waals surface area contributed by atoms with Crippen LogP contribution in [0, 0.1) is 13.8 Å². The largest absolute Gasteiger partial charge is 0.398 e. The molecule has 0 aliphatic heterocycles. The van der Waals surface area contributed by atoms with E-state index in [0.29, 0.717) is 0 Å². The van der Waals surface area contributed by atoms with Crippen molar-refractivity contribution in [1.82, 2.24) is 9.78 Å². The van der Waals surface area contributed by atoms with Crippen molar-refractivity contribution in [3.05, 3.63) is 39.6 Å². The average molecular weight is 340 g/mol. The first-order chi connectivity index (χ1) is 9.02. The first-order valence-corrected chi connectivity index (χ1v) is 8.01. The molecule has 0 spiro atoms. The van der Waals surface area contributed by atoms with Gasteiger partial charge in [0.05, 0.1) is 15.9 Å². The fraction of sp³-hybridized carbons (Fsp3) is 0.357. The van der Waals surface area contributed by atoms with Gasteiger partial charge in [-0.2, -0.15) is 5.10 Å². The molecule has 2 aromatic rings. The number of halogens is 1. The molecule has 19 heavy (non-hydrogen) atoms. The number of hydrogen-bond acceptors (Lipinski definition) is 3. The maximum Gasteiger partial charge on any atom is 0.0739 e. The third-order valence-electron chi connectivity index (χ3n) is 2.98. The Morgan fingerprint density at radius 1 is 1.37 bits per heavy atom. The summed E-state index contributed by atoms with van der Waals surface area (Å²) in [4.78, 5) is 1.12. The molecule has 1 aromatic heterocycles. The Balaban J connectivity index is 2.18. The standard InChI is InChI=1S/C14H18BrN3S/c1-4-18-12(14(15)10(3)17-18)8-19-13-6-5-9(2)7-11(13)16/h5-7H,4,8,16H2,1-3H3. The molecule has 0 aliphatic rings. The predicted molar refractivity (Wildman–Crippen MR) is 85.5 cm³/mol. The van der Waals surface area contributed by atoms with E-state index < -0.39 is 0 Å². The number of hydrogen-bond donors (Lipinski definition) is 1. The molecule has 0 unspecified atom stereocenters. The van der Waals surface area contributed by atoms with E-state index in [-0.39, 0.29) is 0 Å². The van der Waals surface area contributed by atoms with Gasteiger partial charge in [0.2, 0.25) is 0 Å². The maximum atomic E-state index is 6.04. The second kappa shape index (κ2) is 6.01. The highest BCUT2D eigenvalue weighted by molar-refractivity contribution is 9.10. The lowest BCUT2D eigenvalue weighted by atomic mass is 10.2. The van der Waals surface area contributed by atoms with Crippen molar-refractivity contribution in [2.45, 2.75) is 38.0 Å². The van der Waals surface area contributed by atoms with Crippen molar-refractivity contribution in [3.8, 4) is 0 Å². The van der Waals surface area contributed by atoms with Gasteiger partial charge in [0.1, 0.15) is 0 Å². The molecule has 0 fully saturated rings. The summed E-state index contributed by atoms with van der Waals surface area (Å²) in [5, 5.41) is 4.50. The van der Waals surface area contributed by atoms with Crippen LogP contribution in [-0.4, -0.2) is 9.78 Å². The van der Waals surface area contributed by atoms with E-state index in [1.165, 1.54) is 11.3 Å². The van der Waals surface area contributed by atoms with Crippen LogP contribution < -0.4 is 5.73 Å². The third-order valence-corrected chi connectivity index (χ3v) is 5.11. The van der Waals surface area contributed by atoms with Crippen LogP contribution in [0.2, 0.25) is 0 Å². The lowest BCUT2D eigenvalue weighted by molar-refractivity contribution is 0.631. The monoisotopic (exact) mass is 339 g/mol. The number of nitrogens with two attached hydrogens (primary N) is 1. The molecule has 1 aromatic carbocycles. The van der Waals surface area contributed by atoms with Gasteiger partial charge in [-0.25, -0.2) is 0 Å². The zero-order valence-corrected chi connectivity index (χ0v) is 13.8. The molecule has 0 bridgehead atoms. The fourth-order valence-corrected chi connectivity index (χ4v) is 3.54. The van der Waals surface area contributed by atoms with E-state index in [9.17, 15) is 0 Å². The molecule has 0 radical (unpaired) electrons. The highest BCUT2D eigenvalue weighted by Gasteiger charge is 2.12. The van der Waals surface area contributed by atoms with Gasteiger partial charge in [-0.15, -0.1) is 11.8 Å². The van der Waals surface area contributed by atoms with E-state index in [4.69, 9.17) is 5.73 Å². The van der Waals surface area contributed by atoms with Gasteiger partial charge in [-0.3, -0.25) is 4.68 Å². The molecule has 5 heteroatoms. The summed E-state index contributed by atoms with van der Waals surface area (Å²) in [5.41, 5.74) is 10.3. The number of benzene rings is 1. The SMILES string of the molecule is CCn1nc(C)c(Br)c1CSc1ccc(C)cc1N. The van der Waals surface area contributed by atoms with Crippen LogP contribution in [0.4, 0.5) is 5.69 Å². The van der Waals surface area contributed by atoms with E-state index in [1.54, 1.807) is 11.8 Å². The van der Waals surface area contributed by atoms with Gasteiger partial charge in [-0.05, 0) is 54.4 Å². The van der Waals surface area contributed by atoms with Crippen molar-refractivity contribution in [1.29, 1.82) is 0 Å². The molecule has 1 heterocycles. The molecule has 102 valence electrons. The van der Waals surface area contributed by atoms with Gasteiger partial charge >= 0.3 is 0 Å². The average Bonchev–Trinajstić information content (AvgIpc) is 2.65. The Labute approximate surface area is 126 Å². The second-order valence-corrected chi connectivity index (χ2v) is 6.30. The Morgan fingerprint density at radius 3 is 2.74 bits per heavy atom. The minimum atomic E-state index is 0.848. The van der Waals surface area contributed by atoms with Crippen molar-refractivity contribution in [2.75, 3.05) is 5.73 Å². The number of aromatic nitrogens is 2. The van der Waals surface area contributed by atoms with Gasteiger partial charge in [0, 0.05) is 22.9 Å². The smallest absolute Gasteiger partial charge is 0.0739 e. The molecule has 0 saturated carbocycles. The zero-order valence-electron chi connectivity index (χ0n) is 11.4. The van der Waals surface area contributed by atoms with Gasteiger partial charge < -0.3 is 5.73 Å². The molecule has 2 N–H and O–H groups in total. The summed E-state index contributed by atoms with van der Waals surface area (Å²) >= 11 is 5.37. The summed E-state index contributed by atoms with van der Waals surface area (Å²) < 4.78 is 3.14. The highest BCUT2D eigenvalue weighted by atomic mass is 79.9. The maximum absolute atomic E-state index is 6.04. The first kappa shape index (κ1) is 14.5. The number of anilines is 1. The number of nitrogen functional groups attached to an aromatic ring is 1. The van der Waals surface area contributed by atoms with Crippen LogP contribution in [-0.2, 0) is 12.3 Å². The number of nitrogens with zero attached hydrogens (tertiary/aromatic N) is 2. The van der Waals surface area contributed by atoms with E-state index in [1.807, 2.05) is 17.7 Å². The minimum Gasteiger partial charge on any atom is -0.398 e. The van der Waals surface area contributed by atoms with Gasteiger partial charge in [0.25, 0.3) is 0 Å². The van der Waals surface area contributed by atoms with Gasteiger partial charge in [0.15, 0.2) is 0 Å². The van der Waals surface area contributed by atoms with Crippen LogP contribution in [0.3, 0.4) is 0 Å². The van der Waals surface area contributed by atoms with E-state index in [0.717, 1.165) is 33.0 Å². The van der Waals surface area contributed by atoms with Crippen molar-refractivity contribution >= 4 is 33.4 Å². The molecule has 0 saturated heterocycles. The molecular formula is C14H18BrN3S. The fourth-order valence-electron chi connectivity index (χ4n) is 1.95. The highest BCUT2D eigenvalue weighted by Crippen LogP contribution is 2.32. The lowest BCUT2D eigenvalue weighted by Crippen LogP contribution is -2.02.